The van der Waals surface area contributed by atoms with Crippen molar-refractivity contribution < 1.29 is 4.52 Å². The van der Waals surface area contributed by atoms with Crippen LogP contribution < -0.4 is 0 Å². The van der Waals surface area contributed by atoms with Crippen molar-refractivity contribution in [1.29, 1.82) is 0 Å². The zero-order chi connectivity index (χ0) is 10.8. The van der Waals surface area contributed by atoms with Crippen LogP contribution in [0.2, 0.25) is 0 Å². The molecule has 0 saturated carbocycles. The van der Waals surface area contributed by atoms with Crippen molar-refractivity contribution in [2.75, 3.05) is 0 Å². The lowest BCUT2D eigenvalue weighted by Gasteiger charge is -2.12. The van der Waals surface area contributed by atoms with Crippen LogP contribution >= 0.6 is 0 Å². The Labute approximate surface area is 90.3 Å². The predicted octanol–water partition coefficient (Wildman–Crippen LogP) is 4.04. The fourth-order valence-corrected chi connectivity index (χ4v) is 2.09. The zero-order valence-corrected chi connectivity index (χ0v) is 9.58. The van der Waals surface area contributed by atoms with E-state index in [2.05, 4.69) is 31.1 Å². The lowest BCUT2D eigenvalue weighted by Crippen LogP contribution is -1.94. The van der Waals surface area contributed by atoms with Gasteiger partial charge in [-0.15, -0.1) is 0 Å². The monoisotopic (exact) mass is 203 g/mol. The van der Waals surface area contributed by atoms with Gasteiger partial charge >= 0.3 is 0 Å². The third kappa shape index (κ3) is 1.76. The van der Waals surface area contributed by atoms with Gasteiger partial charge in [0.1, 0.15) is 0 Å². The Hall–Kier alpha value is -1.31. The number of aryl methyl sites for hydroxylation is 1. The maximum atomic E-state index is 5.20. The molecule has 0 spiro atoms. The highest BCUT2D eigenvalue weighted by Gasteiger charge is 2.10. The summed E-state index contributed by atoms with van der Waals surface area (Å²) < 4.78 is 5.20. The van der Waals surface area contributed by atoms with E-state index in [1.807, 2.05) is 13.0 Å². The molecule has 0 N–H and O–H groups in total. The van der Waals surface area contributed by atoms with Crippen LogP contribution in [0.1, 0.15) is 43.9 Å². The molecule has 1 aromatic heterocycles. The summed E-state index contributed by atoms with van der Waals surface area (Å²) >= 11 is 0. The second-order valence-corrected chi connectivity index (χ2v) is 4.04. The molecule has 1 heterocycles. The highest BCUT2D eigenvalue weighted by molar-refractivity contribution is 5.80. The maximum absolute atomic E-state index is 5.20. The highest BCUT2D eigenvalue weighted by atomic mass is 16.5. The van der Waals surface area contributed by atoms with Gasteiger partial charge < -0.3 is 4.52 Å². The molecule has 2 rings (SSSR count). The Morgan fingerprint density at radius 3 is 2.67 bits per heavy atom. The number of fused-ring (bicyclic) bond motifs is 1. The van der Waals surface area contributed by atoms with Crippen LogP contribution in [0.15, 0.2) is 22.7 Å². The Morgan fingerprint density at radius 1 is 1.27 bits per heavy atom. The van der Waals surface area contributed by atoms with E-state index in [9.17, 15) is 0 Å². The minimum Gasteiger partial charge on any atom is -0.356 e. The molecule has 0 unspecified atom stereocenters. The average molecular weight is 203 g/mol. The van der Waals surface area contributed by atoms with E-state index >= 15 is 0 Å². The van der Waals surface area contributed by atoms with Crippen molar-refractivity contribution >= 4 is 11.0 Å². The second kappa shape index (κ2) is 4.05. The topological polar surface area (TPSA) is 26.0 Å². The SMILES string of the molecule is CCC(CC)c1ccc2onc(C)c2c1. The molecule has 15 heavy (non-hydrogen) atoms. The van der Waals surface area contributed by atoms with E-state index in [1.165, 1.54) is 18.4 Å². The molecule has 1 aromatic carbocycles. The van der Waals surface area contributed by atoms with E-state index < -0.39 is 0 Å². The van der Waals surface area contributed by atoms with E-state index in [4.69, 9.17) is 4.52 Å². The van der Waals surface area contributed by atoms with Gasteiger partial charge in [-0.1, -0.05) is 25.1 Å². The van der Waals surface area contributed by atoms with E-state index in [0.29, 0.717) is 5.92 Å². The quantitative estimate of drug-likeness (QED) is 0.752. The van der Waals surface area contributed by atoms with Crippen molar-refractivity contribution in [3.05, 3.63) is 29.5 Å². The van der Waals surface area contributed by atoms with Crippen molar-refractivity contribution in [2.45, 2.75) is 39.5 Å². The van der Waals surface area contributed by atoms with Crippen molar-refractivity contribution in [3.8, 4) is 0 Å². The minimum absolute atomic E-state index is 0.656. The summed E-state index contributed by atoms with van der Waals surface area (Å²) in [5.74, 6) is 0.656. The highest BCUT2D eigenvalue weighted by Crippen LogP contribution is 2.27. The van der Waals surface area contributed by atoms with Gasteiger partial charge in [-0.2, -0.15) is 0 Å². The minimum atomic E-state index is 0.656. The van der Waals surface area contributed by atoms with Crippen LogP contribution in [0.3, 0.4) is 0 Å². The largest absolute Gasteiger partial charge is 0.356 e. The third-order valence-electron chi connectivity index (χ3n) is 3.13. The number of rotatable bonds is 3. The standard InChI is InChI=1S/C13H17NO/c1-4-10(5-2)11-6-7-13-12(8-11)9(3)14-15-13/h6-8,10H,4-5H2,1-3H3. The molecule has 0 aliphatic heterocycles. The summed E-state index contributed by atoms with van der Waals surface area (Å²) in [4.78, 5) is 0. The Kier molecular flexibility index (Phi) is 2.76. The normalized spacial score (nSPS) is 11.5. The first kappa shape index (κ1) is 10.2. The Balaban J connectivity index is 2.49. The lowest BCUT2D eigenvalue weighted by atomic mass is 9.93. The number of hydrogen-bond acceptors (Lipinski definition) is 2. The zero-order valence-electron chi connectivity index (χ0n) is 9.58. The van der Waals surface area contributed by atoms with E-state index in [-0.39, 0.29) is 0 Å². The third-order valence-corrected chi connectivity index (χ3v) is 3.13. The molecule has 0 aliphatic carbocycles. The number of benzene rings is 1. The van der Waals surface area contributed by atoms with Crippen LogP contribution in [0.25, 0.3) is 11.0 Å². The van der Waals surface area contributed by atoms with Crippen LogP contribution in [0, 0.1) is 6.92 Å². The first-order valence-electron chi connectivity index (χ1n) is 5.62. The van der Waals surface area contributed by atoms with Crippen molar-refractivity contribution in [1.82, 2.24) is 5.16 Å². The second-order valence-electron chi connectivity index (χ2n) is 4.04. The first-order valence-corrected chi connectivity index (χ1v) is 5.62. The molecule has 0 saturated heterocycles. The average Bonchev–Trinajstić information content (AvgIpc) is 2.62. The lowest BCUT2D eigenvalue weighted by molar-refractivity contribution is 0.450. The fourth-order valence-electron chi connectivity index (χ4n) is 2.09. The fraction of sp³-hybridized carbons (Fsp3) is 0.462. The molecule has 0 fully saturated rings. The van der Waals surface area contributed by atoms with E-state index in [0.717, 1.165) is 16.7 Å². The molecule has 2 nitrogen and oxygen atoms in total. The molecule has 0 atom stereocenters. The number of nitrogens with zero attached hydrogens (tertiary/aromatic N) is 1. The predicted molar refractivity (Wildman–Crippen MR) is 62.1 cm³/mol. The summed E-state index contributed by atoms with van der Waals surface area (Å²) in [6, 6.07) is 6.41. The van der Waals surface area contributed by atoms with Gasteiger partial charge in [0.2, 0.25) is 0 Å². The van der Waals surface area contributed by atoms with Crippen molar-refractivity contribution in [2.24, 2.45) is 0 Å². The Bertz CT molecular complexity index is 455. The molecule has 0 bridgehead atoms. The molecule has 0 aliphatic rings. The summed E-state index contributed by atoms with van der Waals surface area (Å²) in [5, 5.41) is 5.13. The molecular formula is C13H17NO. The maximum Gasteiger partial charge on any atom is 0.167 e. The van der Waals surface area contributed by atoms with Gasteiger partial charge in [0.15, 0.2) is 5.58 Å². The van der Waals surface area contributed by atoms with Crippen LogP contribution in [0.4, 0.5) is 0 Å². The van der Waals surface area contributed by atoms with Gasteiger partial charge in [-0.05, 0) is 43.4 Å². The van der Waals surface area contributed by atoms with E-state index in [1.54, 1.807) is 0 Å². The number of aromatic nitrogens is 1. The van der Waals surface area contributed by atoms with Gasteiger partial charge in [0.25, 0.3) is 0 Å². The smallest absolute Gasteiger partial charge is 0.167 e. The van der Waals surface area contributed by atoms with Crippen LogP contribution in [-0.4, -0.2) is 5.16 Å². The molecule has 2 aromatic rings. The Morgan fingerprint density at radius 2 is 2.00 bits per heavy atom. The van der Waals surface area contributed by atoms with Gasteiger partial charge in [0.05, 0.1) is 5.69 Å². The number of hydrogen-bond donors (Lipinski definition) is 0. The summed E-state index contributed by atoms with van der Waals surface area (Å²) in [7, 11) is 0. The van der Waals surface area contributed by atoms with Gasteiger partial charge in [0, 0.05) is 5.39 Å². The summed E-state index contributed by atoms with van der Waals surface area (Å²) in [5.41, 5.74) is 3.28. The molecule has 2 heteroatoms. The summed E-state index contributed by atoms with van der Waals surface area (Å²) in [6.07, 6.45) is 2.37. The van der Waals surface area contributed by atoms with Crippen molar-refractivity contribution in [3.63, 3.8) is 0 Å². The van der Waals surface area contributed by atoms with Gasteiger partial charge in [-0.3, -0.25) is 0 Å². The first-order chi connectivity index (χ1) is 7.26. The summed E-state index contributed by atoms with van der Waals surface area (Å²) in [6.45, 7) is 6.46. The van der Waals surface area contributed by atoms with Crippen LogP contribution in [0.5, 0.6) is 0 Å². The van der Waals surface area contributed by atoms with Crippen LogP contribution in [-0.2, 0) is 0 Å². The molecule has 80 valence electrons. The molecule has 0 radical (unpaired) electrons. The molecule has 0 amide bonds. The molecular weight excluding hydrogens is 186 g/mol. The van der Waals surface area contributed by atoms with Gasteiger partial charge in [-0.25, -0.2) is 0 Å².